The van der Waals surface area contributed by atoms with E-state index in [1.807, 2.05) is 13.0 Å². The molecule has 7 atom stereocenters. The van der Waals surface area contributed by atoms with Gasteiger partial charge in [0.1, 0.15) is 0 Å². The number of hydrogen-bond donors (Lipinski definition) is 1. The highest BCUT2D eigenvalue weighted by molar-refractivity contribution is 5.91. The molecule has 0 unspecified atom stereocenters. The molecule has 0 bridgehead atoms. The van der Waals surface area contributed by atoms with Crippen LogP contribution in [0, 0.1) is 34.5 Å². The highest BCUT2D eigenvalue weighted by atomic mass is 16.3. The standard InChI is InChI=1S/C21H32O2/c1-13(22)17-6-7-18-16-5-4-14-12-15(23)8-10-20(14,2)19(16)9-11-21(17,18)3/h12-13,16-19,22H,4-11H2,1-3H3/t13-,16-,17+,18+,19-,20-,21-/m1/s1. The average Bonchev–Trinajstić information content (AvgIpc) is 2.85. The van der Waals surface area contributed by atoms with Crippen molar-refractivity contribution in [1.29, 1.82) is 0 Å². The van der Waals surface area contributed by atoms with Crippen molar-refractivity contribution < 1.29 is 9.90 Å². The third-order valence-corrected chi connectivity index (χ3v) is 8.62. The summed E-state index contributed by atoms with van der Waals surface area (Å²) in [5, 5.41) is 10.3. The van der Waals surface area contributed by atoms with Gasteiger partial charge in [-0.3, -0.25) is 4.79 Å². The smallest absolute Gasteiger partial charge is 0.155 e. The molecule has 0 amide bonds. The molecule has 3 fully saturated rings. The number of carbonyl (C=O) groups is 1. The Hall–Kier alpha value is -0.630. The largest absolute Gasteiger partial charge is 0.393 e. The van der Waals surface area contributed by atoms with Gasteiger partial charge in [0, 0.05) is 6.42 Å². The molecule has 128 valence electrons. The maximum atomic E-state index is 11.9. The fourth-order valence-corrected chi connectivity index (χ4v) is 7.39. The van der Waals surface area contributed by atoms with Crippen LogP contribution in [0.3, 0.4) is 0 Å². The first-order valence-corrected chi connectivity index (χ1v) is 9.78. The summed E-state index contributed by atoms with van der Waals surface area (Å²) in [7, 11) is 0. The van der Waals surface area contributed by atoms with Crippen LogP contribution in [0.4, 0.5) is 0 Å². The lowest BCUT2D eigenvalue weighted by molar-refractivity contribution is -0.117. The monoisotopic (exact) mass is 316 g/mol. The van der Waals surface area contributed by atoms with Gasteiger partial charge in [0.15, 0.2) is 5.78 Å². The van der Waals surface area contributed by atoms with E-state index in [1.54, 1.807) is 0 Å². The minimum atomic E-state index is -0.163. The molecule has 0 aromatic carbocycles. The summed E-state index contributed by atoms with van der Waals surface area (Å²) in [5.41, 5.74) is 2.09. The minimum absolute atomic E-state index is 0.163. The molecule has 4 aliphatic rings. The Bertz CT molecular complexity index is 548. The molecule has 0 saturated heterocycles. The first-order valence-electron chi connectivity index (χ1n) is 9.78. The van der Waals surface area contributed by atoms with Crippen molar-refractivity contribution in [3.8, 4) is 0 Å². The molecular weight excluding hydrogens is 284 g/mol. The summed E-state index contributed by atoms with van der Waals surface area (Å²) in [5.74, 6) is 3.21. The zero-order valence-electron chi connectivity index (χ0n) is 15.0. The predicted molar refractivity (Wildman–Crippen MR) is 91.9 cm³/mol. The van der Waals surface area contributed by atoms with Gasteiger partial charge in [-0.25, -0.2) is 0 Å². The Morgan fingerprint density at radius 2 is 1.87 bits per heavy atom. The molecule has 0 aromatic heterocycles. The lowest BCUT2D eigenvalue weighted by atomic mass is 9.46. The fourth-order valence-electron chi connectivity index (χ4n) is 7.39. The lowest BCUT2D eigenvalue weighted by Gasteiger charge is -2.58. The van der Waals surface area contributed by atoms with Crippen LogP contribution in [-0.4, -0.2) is 17.0 Å². The molecule has 0 heterocycles. The fraction of sp³-hybridized carbons (Fsp3) is 0.857. The van der Waals surface area contributed by atoms with Crippen molar-refractivity contribution in [1.82, 2.24) is 0 Å². The molecule has 0 aliphatic heterocycles. The van der Waals surface area contributed by atoms with E-state index in [2.05, 4.69) is 13.8 Å². The van der Waals surface area contributed by atoms with Gasteiger partial charge in [0.05, 0.1) is 6.10 Å². The normalized spacial score (nSPS) is 50.6. The lowest BCUT2D eigenvalue weighted by Crippen LogP contribution is -2.51. The summed E-state index contributed by atoms with van der Waals surface area (Å²) < 4.78 is 0. The van der Waals surface area contributed by atoms with Gasteiger partial charge in [0.2, 0.25) is 0 Å². The highest BCUT2D eigenvalue weighted by Gasteiger charge is 2.59. The third-order valence-electron chi connectivity index (χ3n) is 8.62. The Morgan fingerprint density at radius 1 is 1.09 bits per heavy atom. The van der Waals surface area contributed by atoms with Crippen molar-refractivity contribution in [2.75, 3.05) is 0 Å². The van der Waals surface area contributed by atoms with Gasteiger partial charge in [-0.2, -0.15) is 0 Å². The summed E-state index contributed by atoms with van der Waals surface area (Å²) in [6.07, 6.45) is 11.1. The molecule has 4 aliphatic carbocycles. The van der Waals surface area contributed by atoms with E-state index in [4.69, 9.17) is 0 Å². The van der Waals surface area contributed by atoms with E-state index in [-0.39, 0.29) is 11.5 Å². The number of carbonyl (C=O) groups excluding carboxylic acids is 1. The van der Waals surface area contributed by atoms with E-state index >= 15 is 0 Å². The summed E-state index contributed by atoms with van der Waals surface area (Å²) >= 11 is 0. The van der Waals surface area contributed by atoms with Crippen molar-refractivity contribution in [3.05, 3.63) is 11.6 Å². The van der Waals surface area contributed by atoms with Gasteiger partial charge in [-0.15, -0.1) is 0 Å². The number of rotatable bonds is 1. The van der Waals surface area contributed by atoms with Crippen LogP contribution in [0.25, 0.3) is 0 Å². The van der Waals surface area contributed by atoms with E-state index < -0.39 is 0 Å². The number of aliphatic hydroxyl groups excluding tert-OH is 1. The van der Waals surface area contributed by atoms with Gasteiger partial charge in [0.25, 0.3) is 0 Å². The predicted octanol–water partition coefficient (Wildman–Crippen LogP) is 4.52. The summed E-state index contributed by atoms with van der Waals surface area (Å²) in [6, 6.07) is 0. The van der Waals surface area contributed by atoms with Crippen LogP contribution in [0.5, 0.6) is 0 Å². The molecule has 3 saturated carbocycles. The van der Waals surface area contributed by atoms with Gasteiger partial charge in [-0.1, -0.05) is 19.4 Å². The highest BCUT2D eigenvalue weighted by Crippen LogP contribution is 2.66. The SMILES string of the molecule is C[C@@H](O)[C@@H]1CC[C@H]2[C@H]3CCC4=CC(=O)CC[C@@]4(C)[C@@H]3CC[C@@]21C. The van der Waals surface area contributed by atoms with Crippen molar-refractivity contribution in [2.45, 2.75) is 78.2 Å². The summed E-state index contributed by atoms with van der Waals surface area (Å²) in [6.45, 7) is 6.92. The van der Waals surface area contributed by atoms with Gasteiger partial charge in [-0.05, 0) is 92.4 Å². The summed E-state index contributed by atoms with van der Waals surface area (Å²) in [4.78, 5) is 11.9. The number of hydrogen-bond acceptors (Lipinski definition) is 2. The van der Waals surface area contributed by atoms with E-state index in [0.29, 0.717) is 17.1 Å². The second-order valence-electron chi connectivity index (χ2n) is 9.44. The molecule has 1 N–H and O–H groups in total. The first kappa shape index (κ1) is 15.9. The van der Waals surface area contributed by atoms with Crippen LogP contribution in [0.15, 0.2) is 11.6 Å². The van der Waals surface area contributed by atoms with E-state index in [1.165, 1.54) is 37.7 Å². The van der Waals surface area contributed by atoms with Crippen molar-refractivity contribution in [2.24, 2.45) is 34.5 Å². The van der Waals surface area contributed by atoms with Crippen molar-refractivity contribution in [3.63, 3.8) is 0 Å². The van der Waals surface area contributed by atoms with Gasteiger partial charge >= 0.3 is 0 Å². The molecule has 0 aromatic rings. The molecule has 0 spiro atoms. The third kappa shape index (κ3) is 2.13. The van der Waals surface area contributed by atoms with E-state index in [0.717, 1.165) is 37.0 Å². The quantitative estimate of drug-likeness (QED) is 0.772. The van der Waals surface area contributed by atoms with E-state index in [9.17, 15) is 9.90 Å². The topological polar surface area (TPSA) is 37.3 Å². The maximum Gasteiger partial charge on any atom is 0.155 e. The van der Waals surface area contributed by atoms with Crippen molar-refractivity contribution >= 4 is 5.78 Å². The number of allylic oxidation sites excluding steroid dienone is 1. The van der Waals surface area contributed by atoms with Crippen LogP contribution in [-0.2, 0) is 4.79 Å². The Labute approximate surface area is 140 Å². The van der Waals surface area contributed by atoms with Crippen LogP contribution in [0.2, 0.25) is 0 Å². The van der Waals surface area contributed by atoms with Crippen LogP contribution < -0.4 is 0 Å². The number of ketones is 1. The minimum Gasteiger partial charge on any atom is -0.393 e. The Kier molecular flexibility index (Phi) is 3.58. The van der Waals surface area contributed by atoms with Crippen LogP contribution >= 0.6 is 0 Å². The molecule has 2 heteroatoms. The second kappa shape index (κ2) is 5.18. The van der Waals surface area contributed by atoms with Crippen LogP contribution in [0.1, 0.15) is 72.1 Å². The molecule has 4 rings (SSSR count). The maximum absolute atomic E-state index is 11.9. The zero-order valence-corrected chi connectivity index (χ0v) is 15.0. The molecule has 2 nitrogen and oxygen atoms in total. The number of aliphatic hydroxyl groups is 1. The molecule has 0 radical (unpaired) electrons. The molecular formula is C21H32O2. The first-order chi connectivity index (χ1) is 10.9. The molecule has 23 heavy (non-hydrogen) atoms. The second-order valence-corrected chi connectivity index (χ2v) is 9.44. The zero-order chi connectivity index (χ0) is 16.4. The Morgan fingerprint density at radius 3 is 2.61 bits per heavy atom. The Balaban J connectivity index is 1.66. The number of fused-ring (bicyclic) bond motifs is 5. The average molecular weight is 316 g/mol. The van der Waals surface area contributed by atoms with Gasteiger partial charge < -0.3 is 5.11 Å².